The van der Waals surface area contributed by atoms with Gasteiger partial charge in [0, 0.05) is 31.7 Å². The third-order valence-electron chi connectivity index (χ3n) is 7.33. The van der Waals surface area contributed by atoms with Crippen molar-refractivity contribution >= 4 is 12.0 Å². The van der Waals surface area contributed by atoms with Crippen molar-refractivity contribution in [1.82, 2.24) is 14.7 Å². The highest BCUT2D eigenvalue weighted by Crippen LogP contribution is 2.53. The lowest BCUT2D eigenvalue weighted by Gasteiger charge is -2.50. The van der Waals surface area contributed by atoms with E-state index in [1.807, 2.05) is 4.90 Å². The van der Waals surface area contributed by atoms with Crippen LogP contribution in [0.25, 0.3) is 0 Å². The summed E-state index contributed by atoms with van der Waals surface area (Å²) in [5, 5.41) is 19.7. The first-order chi connectivity index (χ1) is 12.4. The normalized spacial score (nSPS) is 36.9. The van der Waals surface area contributed by atoms with Gasteiger partial charge in [-0.05, 0) is 63.8 Å². The van der Waals surface area contributed by atoms with Crippen molar-refractivity contribution in [3.8, 4) is 0 Å². The minimum absolute atomic E-state index is 0.0234. The number of carboxylic acid groups (broad SMARTS) is 1. The van der Waals surface area contributed by atoms with Crippen LogP contribution in [0.2, 0.25) is 0 Å². The highest BCUT2D eigenvalue weighted by Gasteiger charge is 2.51. The summed E-state index contributed by atoms with van der Waals surface area (Å²) < 4.78 is 0. The van der Waals surface area contributed by atoms with Crippen LogP contribution < -0.4 is 0 Å². The highest BCUT2D eigenvalue weighted by molar-refractivity contribution is 5.86. The van der Waals surface area contributed by atoms with Gasteiger partial charge in [0.05, 0.1) is 6.10 Å². The molecule has 1 spiro atoms. The molecular weight excluding hydrogens is 334 g/mol. The Bertz CT molecular complexity index is 579. The Kier molecular flexibility index (Phi) is 4.63. The van der Waals surface area contributed by atoms with Crippen molar-refractivity contribution in [1.29, 1.82) is 0 Å². The maximum Gasteiger partial charge on any atom is 0.408 e. The van der Waals surface area contributed by atoms with Crippen molar-refractivity contribution in [3.05, 3.63) is 0 Å². The van der Waals surface area contributed by atoms with Crippen molar-refractivity contribution in [2.24, 2.45) is 5.41 Å². The summed E-state index contributed by atoms with van der Waals surface area (Å²) in [5.74, 6) is -0.0380. The van der Waals surface area contributed by atoms with Crippen LogP contribution in [0.1, 0.15) is 51.9 Å². The topological polar surface area (TPSA) is 84.3 Å². The highest BCUT2D eigenvalue weighted by atomic mass is 16.4. The largest absolute Gasteiger partial charge is 0.465 e. The van der Waals surface area contributed by atoms with E-state index < -0.39 is 12.1 Å². The number of nitrogens with zero attached hydrogens (tertiary/aromatic N) is 3. The number of carbonyl (C=O) groups excluding carboxylic acids is 1. The zero-order valence-electron chi connectivity index (χ0n) is 15.6. The van der Waals surface area contributed by atoms with Crippen LogP contribution in [0.5, 0.6) is 0 Å². The van der Waals surface area contributed by atoms with Crippen molar-refractivity contribution in [3.63, 3.8) is 0 Å². The standard InChI is InChI=1S/C19H31N3O4/c1-13-17(24)22-14(3-2-4-15(22)11-21(13)18(25)26)5-9-20-10-8-19(6-7-19)16(23)12-20/h13-16,23H,2-12H2,1H3,(H,25,26)/t13-,14+,15-,16?/m0/s1. The van der Waals surface area contributed by atoms with Gasteiger partial charge in [-0.2, -0.15) is 0 Å². The number of carbonyl (C=O) groups is 2. The molecule has 4 aliphatic rings. The number of aliphatic hydroxyl groups is 1. The average molecular weight is 365 g/mol. The van der Waals surface area contributed by atoms with E-state index in [-0.39, 0.29) is 29.5 Å². The van der Waals surface area contributed by atoms with Gasteiger partial charge in [-0.15, -0.1) is 0 Å². The van der Waals surface area contributed by atoms with Gasteiger partial charge in [0.25, 0.3) is 0 Å². The number of hydrogen-bond acceptors (Lipinski definition) is 4. The lowest BCUT2D eigenvalue weighted by atomic mass is 9.88. The predicted molar refractivity (Wildman–Crippen MR) is 95.8 cm³/mol. The second-order valence-corrected chi connectivity index (χ2v) is 8.81. The fourth-order valence-corrected chi connectivity index (χ4v) is 5.32. The maximum atomic E-state index is 12.8. The maximum absolute atomic E-state index is 12.8. The molecule has 0 radical (unpaired) electrons. The van der Waals surface area contributed by atoms with E-state index >= 15 is 0 Å². The molecule has 0 aromatic carbocycles. The molecule has 3 aliphatic heterocycles. The number of piperidine rings is 2. The summed E-state index contributed by atoms with van der Waals surface area (Å²) in [4.78, 5) is 29.9. The van der Waals surface area contributed by atoms with Crippen molar-refractivity contribution in [2.45, 2.75) is 76.1 Å². The Hall–Kier alpha value is -1.34. The molecule has 4 atom stereocenters. The van der Waals surface area contributed by atoms with Crippen LogP contribution in [0, 0.1) is 5.41 Å². The summed E-state index contributed by atoms with van der Waals surface area (Å²) in [6, 6.07) is -0.361. The Labute approximate surface area is 154 Å². The predicted octanol–water partition coefficient (Wildman–Crippen LogP) is 1.36. The zero-order chi connectivity index (χ0) is 18.5. The number of hydrogen-bond donors (Lipinski definition) is 2. The molecule has 4 rings (SSSR count). The molecule has 0 aromatic rings. The van der Waals surface area contributed by atoms with E-state index in [2.05, 4.69) is 4.90 Å². The second-order valence-electron chi connectivity index (χ2n) is 8.81. The molecule has 4 fully saturated rings. The van der Waals surface area contributed by atoms with E-state index in [9.17, 15) is 19.8 Å². The third kappa shape index (κ3) is 3.09. The Morgan fingerprint density at radius 1 is 1.23 bits per heavy atom. The SMILES string of the molecule is C[C@H]1C(=O)N2[C@@H](CCN3CCC4(CC4)C(O)C3)CCC[C@H]2CN1C(=O)O. The minimum atomic E-state index is -0.996. The molecule has 7 heteroatoms. The first-order valence-corrected chi connectivity index (χ1v) is 10.1. The average Bonchev–Trinajstić information content (AvgIpc) is 3.39. The van der Waals surface area contributed by atoms with Crippen LogP contribution in [0.15, 0.2) is 0 Å². The summed E-state index contributed by atoms with van der Waals surface area (Å²) in [5.41, 5.74) is 0.227. The molecule has 7 nitrogen and oxygen atoms in total. The molecule has 0 aromatic heterocycles. The molecule has 146 valence electrons. The van der Waals surface area contributed by atoms with Crippen LogP contribution in [-0.2, 0) is 4.79 Å². The number of fused-ring (bicyclic) bond motifs is 1. The number of piperazine rings is 1. The lowest BCUT2D eigenvalue weighted by Crippen LogP contribution is -2.65. The van der Waals surface area contributed by atoms with Gasteiger partial charge < -0.3 is 20.0 Å². The van der Waals surface area contributed by atoms with Gasteiger partial charge in [-0.25, -0.2) is 4.79 Å². The molecule has 0 bridgehead atoms. The van der Waals surface area contributed by atoms with Gasteiger partial charge in [0.1, 0.15) is 6.04 Å². The van der Waals surface area contributed by atoms with Crippen molar-refractivity contribution in [2.75, 3.05) is 26.2 Å². The number of rotatable bonds is 3. The molecule has 26 heavy (non-hydrogen) atoms. The summed E-state index contributed by atoms with van der Waals surface area (Å²) in [7, 11) is 0. The fourth-order valence-electron chi connectivity index (χ4n) is 5.32. The van der Waals surface area contributed by atoms with Gasteiger partial charge >= 0.3 is 6.09 Å². The quantitative estimate of drug-likeness (QED) is 0.789. The van der Waals surface area contributed by atoms with E-state index in [0.717, 1.165) is 51.7 Å². The van der Waals surface area contributed by atoms with Crippen LogP contribution in [-0.4, -0.2) is 87.3 Å². The van der Waals surface area contributed by atoms with Gasteiger partial charge in [0.2, 0.25) is 5.91 Å². The summed E-state index contributed by atoms with van der Waals surface area (Å²) in [6.07, 6.45) is 6.11. The molecular formula is C19H31N3O4. The van der Waals surface area contributed by atoms with E-state index in [0.29, 0.717) is 6.54 Å². The second kappa shape index (κ2) is 6.68. The fraction of sp³-hybridized carbons (Fsp3) is 0.895. The Morgan fingerprint density at radius 2 is 2.00 bits per heavy atom. The first-order valence-electron chi connectivity index (χ1n) is 10.1. The summed E-state index contributed by atoms with van der Waals surface area (Å²) in [6.45, 7) is 4.85. The van der Waals surface area contributed by atoms with Gasteiger partial charge in [0.15, 0.2) is 0 Å². The minimum Gasteiger partial charge on any atom is -0.465 e. The zero-order valence-corrected chi connectivity index (χ0v) is 15.6. The molecule has 1 saturated carbocycles. The molecule has 3 saturated heterocycles. The smallest absolute Gasteiger partial charge is 0.408 e. The number of likely N-dealkylation sites (tertiary alicyclic amines) is 1. The third-order valence-corrected chi connectivity index (χ3v) is 7.33. The molecule has 2 N–H and O–H groups in total. The van der Waals surface area contributed by atoms with Gasteiger partial charge in [-0.1, -0.05) is 0 Å². The van der Waals surface area contributed by atoms with E-state index in [4.69, 9.17) is 0 Å². The van der Waals surface area contributed by atoms with E-state index in [1.165, 1.54) is 17.7 Å². The Morgan fingerprint density at radius 3 is 2.65 bits per heavy atom. The van der Waals surface area contributed by atoms with Crippen LogP contribution in [0.4, 0.5) is 4.79 Å². The lowest BCUT2D eigenvalue weighted by molar-refractivity contribution is -0.150. The van der Waals surface area contributed by atoms with Crippen molar-refractivity contribution < 1.29 is 19.8 Å². The molecule has 1 aliphatic carbocycles. The number of aliphatic hydroxyl groups excluding tert-OH is 1. The first kappa shape index (κ1) is 18.0. The van der Waals surface area contributed by atoms with Gasteiger partial charge in [-0.3, -0.25) is 9.69 Å². The number of β-amino-alcohol motifs (C(OH)–C–C–N with tert-alkyl or cyclic N) is 1. The van der Waals surface area contributed by atoms with E-state index in [1.54, 1.807) is 6.92 Å². The summed E-state index contributed by atoms with van der Waals surface area (Å²) >= 11 is 0. The molecule has 1 unspecified atom stereocenters. The van der Waals surface area contributed by atoms with Crippen LogP contribution in [0.3, 0.4) is 0 Å². The molecule has 2 amide bonds. The number of amides is 2. The monoisotopic (exact) mass is 365 g/mol. The van der Waals surface area contributed by atoms with Crippen LogP contribution >= 0.6 is 0 Å². The Balaban J connectivity index is 1.36. The molecule has 3 heterocycles.